The van der Waals surface area contributed by atoms with Crippen LogP contribution in [0.4, 0.5) is 0 Å². The van der Waals surface area contributed by atoms with Gasteiger partial charge in [-0.2, -0.15) is 0 Å². The van der Waals surface area contributed by atoms with Crippen LogP contribution in [-0.4, -0.2) is 22.0 Å². The average Bonchev–Trinajstić information content (AvgIpc) is 1.81. The van der Waals surface area contributed by atoms with Crippen molar-refractivity contribution in [3.63, 3.8) is 0 Å². The van der Waals surface area contributed by atoms with Crippen molar-refractivity contribution in [2.24, 2.45) is 0 Å². The summed E-state index contributed by atoms with van der Waals surface area (Å²) in [5.74, 6) is 0. The summed E-state index contributed by atoms with van der Waals surface area (Å²) >= 11 is 3.68. The van der Waals surface area contributed by atoms with Crippen molar-refractivity contribution in [3.05, 3.63) is 0 Å². The van der Waals surface area contributed by atoms with Gasteiger partial charge in [0.2, 0.25) is 5.69 Å². The van der Waals surface area contributed by atoms with E-state index in [9.17, 15) is 9.79 Å². The third kappa shape index (κ3) is 6.96. The summed E-state index contributed by atoms with van der Waals surface area (Å²) < 4.78 is 10.4. The van der Waals surface area contributed by atoms with Gasteiger partial charge in [0.05, 0.1) is 12.2 Å². The number of hydrogen-bond acceptors (Lipinski definition) is 2. The van der Waals surface area contributed by atoms with Crippen molar-refractivity contribution in [1.82, 2.24) is 0 Å². The van der Waals surface area contributed by atoms with E-state index in [0.29, 0.717) is 0 Å². The Bertz CT molecular complexity index is 190. The largest absolute Gasteiger partial charge is 0.339 e. The van der Waals surface area contributed by atoms with Gasteiger partial charge in [-0.05, 0) is 27.7 Å². The van der Waals surface area contributed by atoms with Crippen LogP contribution in [0.2, 0.25) is 0 Å². The van der Waals surface area contributed by atoms with Crippen molar-refractivity contribution in [1.29, 1.82) is 0 Å². The van der Waals surface area contributed by atoms with Gasteiger partial charge in [-0.25, -0.2) is 0 Å². The number of thiol groups is 1. The van der Waals surface area contributed by atoms with Crippen LogP contribution in [0.15, 0.2) is 0 Å². The summed E-state index contributed by atoms with van der Waals surface area (Å²) in [6.45, 7) is 7.19. The highest BCUT2D eigenvalue weighted by molar-refractivity contribution is 8.64. The Hall–Kier alpha value is 0.970. The second-order valence-corrected chi connectivity index (χ2v) is 9.77. The van der Waals surface area contributed by atoms with E-state index >= 15 is 0 Å². The molecule has 13 heavy (non-hydrogen) atoms. The molecule has 0 aromatic heterocycles. The van der Waals surface area contributed by atoms with Crippen molar-refractivity contribution >= 4 is 28.6 Å². The van der Waals surface area contributed by atoms with Gasteiger partial charge in [0.15, 0.2) is 0 Å². The van der Waals surface area contributed by atoms with E-state index in [2.05, 4.69) is 12.2 Å². The van der Waals surface area contributed by atoms with Gasteiger partial charge in [-0.1, -0.05) is 12.2 Å². The normalized spacial score (nSPS) is 13.4. The molecule has 0 saturated heterocycles. The summed E-state index contributed by atoms with van der Waals surface area (Å²) in [6.07, 6.45) is -0.235. The predicted molar refractivity (Wildman–Crippen MR) is 60.2 cm³/mol. The maximum absolute atomic E-state index is 9.27. The molecule has 0 fully saturated rings. The molecule has 0 aliphatic carbocycles. The molecular weight excluding hydrogens is 231 g/mol. The molecule has 0 aromatic rings. The molecule has 2 N–H and O–H groups in total. The second-order valence-electron chi connectivity index (χ2n) is 3.02. The lowest BCUT2D eigenvalue weighted by Gasteiger charge is -2.19. The Morgan fingerprint density at radius 2 is 1.38 bits per heavy atom. The highest BCUT2D eigenvalue weighted by atomic mass is 32.9. The fourth-order valence-corrected chi connectivity index (χ4v) is 3.82. The van der Waals surface area contributed by atoms with Crippen molar-refractivity contribution in [3.8, 4) is 0 Å². The van der Waals surface area contributed by atoms with Gasteiger partial charge >= 0.3 is 0 Å². The van der Waals surface area contributed by atoms with E-state index in [1.165, 1.54) is 0 Å². The van der Waals surface area contributed by atoms with E-state index in [-0.39, 0.29) is 12.2 Å². The van der Waals surface area contributed by atoms with Crippen LogP contribution in [0.25, 0.3) is 0 Å². The molecule has 0 radical (unpaired) electrons. The first-order valence-corrected chi connectivity index (χ1v) is 8.42. The van der Waals surface area contributed by atoms with Gasteiger partial charge in [0, 0.05) is 0 Å². The molecule has 0 bridgehead atoms. The van der Waals surface area contributed by atoms with E-state index in [1.54, 1.807) is 27.7 Å². The van der Waals surface area contributed by atoms with Crippen LogP contribution in [0.5, 0.6) is 0 Å². The second kappa shape index (κ2) is 5.75. The molecule has 0 saturated carbocycles. The third-order valence-electron chi connectivity index (χ3n) is 0.750. The summed E-state index contributed by atoms with van der Waals surface area (Å²) in [5, 5.41) is 0. The van der Waals surface area contributed by atoms with Gasteiger partial charge < -0.3 is 9.79 Å². The molecule has 0 amide bonds. The minimum Gasteiger partial charge on any atom is -0.339 e. The Morgan fingerprint density at radius 1 is 1.08 bits per heavy atom. The average molecular weight is 248 g/mol. The van der Waals surface area contributed by atoms with E-state index < -0.39 is 16.3 Å². The topological polar surface area (TPSA) is 58.9 Å². The highest BCUT2D eigenvalue weighted by Crippen LogP contribution is 2.48. The minimum atomic E-state index is -3.36. The van der Waals surface area contributed by atoms with Crippen LogP contribution in [-0.2, 0) is 19.0 Å². The lowest BCUT2D eigenvalue weighted by atomic mass is 10.5. The Kier molecular flexibility index (Phi) is 6.18. The Balaban J connectivity index is 4.58. The summed E-state index contributed by atoms with van der Waals surface area (Å²) in [6, 6.07) is 0. The zero-order valence-corrected chi connectivity index (χ0v) is 10.8. The zero-order chi connectivity index (χ0) is 10.6. The standard InChI is InChI=1S/C6H17O4PS2/c1-5(2)9-13(10-6(3)4)11(7,8)12/h5-8,12H,1-4H3. The van der Waals surface area contributed by atoms with Gasteiger partial charge in [-0.15, -0.1) is 0 Å². The van der Waals surface area contributed by atoms with Gasteiger partial charge in [0.1, 0.15) is 10.6 Å². The van der Waals surface area contributed by atoms with E-state index in [0.717, 1.165) is 0 Å². The molecular formula is C6H17O4PS2. The first kappa shape index (κ1) is 14.0. The molecule has 0 rings (SSSR count). The molecule has 82 valence electrons. The SMILES string of the molecule is CC(C)OS(OC(C)C)=P(O)(O)S. The predicted octanol–water partition coefficient (Wildman–Crippen LogP) is 1.88. The highest BCUT2D eigenvalue weighted by Gasteiger charge is 2.16. The van der Waals surface area contributed by atoms with E-state index in [4.69, 9.17) is 8.37 Å². The van der Waals surface area contributed by atoms with Crippen molar-refractivity contribution < 1.29 is 18.2 Å². The summed E-state index contributed by atoms with van der Waals surface area (Å²) in [5.41, 5.74) is -3.36. The smallest absolute Gasteiger partial charge is 0.249 e. The zero-order valence-electron chi connectivity index (χ0n) is 8.17. The van der Waals surface area contributed by atoms with Crippen LogP contribution < -0.4 is 0 Å². The lowest BCUT2D eigenvalue weighted by Crippen LogP contribution is -2.13. The van der Waals surface area contributed by atoms with Crippen LogP contribution in [0, 0.1) is 0 Å². The molecule has 0 heterocycles. The molecule has 4 nitrogen and oxygen atoms in total. The maximum Gasteiger partial charge on any atom is 0.249 e. The maximum atomic E-state index is 9.27. The molecule has 7 heteroatoms. The first-order valence-electron chi connectivity index (χ1n) is 3.90. The molecule has 0 atom stereocenters. The summed E-state index contributed by atoms with van der Waals surface area (Å²) in [7, 11) is -1.32. The number of hydrogen-bond donors (Lipinski definition) is 3. The van der Waals surface area contributed by atoms with Gasteiger partial charge in [-0.3, -0.25) is 8.37 Å². The molecule has 0 spiro atoms. The van der Waals surface area contributed by atoms with Crippen molar-refractivity contribution in [2.45, 2.75) is 39.9 Å². The van der Waals surface area contributed by atoms with Gasteiger partial charge in [0.25, 0.3) is 0 Å². The third-order valence-corrected chi connectivity index (χ3v) is 5.16. The monoisotopic (exact) mass is 248 g/mol. The molecule has 0 unspecified atom stereocenters. The quantitative estimate of drug-likeness (QED) is 0.525. The molecule has 0 aromatic carbocycles. The Labute approximate surface area is 86.9 Å². The first-order chi connectivity index (χ1) is 5.73. The van der Waals surface area contributed by atoms with Crippen LogP contribution >= 0.6 is 17.9 Å². The minimum absolute atomic E-state index is 0.118. The lowest BCUT2D eigenvalue weighted by molar-refractivity contribution is 0.200. The van der Waals surface area contributed by atoms with Crippen LogP contribution in [0.3, 0.4) is 0 Å². The molecule has 0 aliphatic heterocycles. The van der Waals surface area contributed by atoms with Crippen LogP contribution in [0.1, 0.15) is 27.7 Å². The van der Waals surface area contributed by atoms with Crippen molar-refractivity contribution in [2.75, 3.05) is 0 Å². The fourth-order valence-electron chi connectivity index (χ4n) is 0.467. The fraction of sp³-hybridized carbons (Fsp3) is 1.00. The van der Waals surface area contributed by atoms with E-state index in [1.807, 2.05) is 0 Å². The number of rotatable bonds is 4. The summed E-state index contributed by atoms with van der Waals surface area (Å²) in [4.78, 5) is 18.5. The molecule has 0 aliphatic rings. The Morgan fingerprint density at radius 3 is 1.54 bits per heavy atom.